The Morgan fingerprint density at radius 3 is 0.637 bits per heavy atom. The van der Waals surface area contributed by atoms with Crippen LogP contribution in [-0.4, -0.2) is 323 Å². The molecular formula is C64H112Br2O22S2Si. The number of rotatable bonds is 74. The van der Waals surface area contributed by atoms with E-state index in [-0.39, 0.29) is 0 Å². The normalized spacial score (nSPS) is 12.7. The van der Waals surface area contributed by atoms with Gasteiger partial charge in [0.2, 0.25) is 0 Å². The summed E-state index contributed by atoms with van der Waals surface area (Å²) in [4.78, 5) is 0. The second-order valence-electron chi connectivity index (χ2n) is 20.1. The summed E-state index contributed by atoms with van der Waals surface area (Å²) in [5, 5.41) is 3.15. The van der Waals surface area contributed by atoms with Crippen molar-refractivity contribution in [1.82, 2.24) is 0 Å². The van der Waals surface area contributed by atoms with Gasteiger partial charge >= 0.3 is 0 Å². The molecule has 0 aromatic heterocycles. The molecule has 0 aliphatic carbocycles. The molecular weight excluding hydrogens is 1370 g/mol. The Morgan fingerprint density at radius 2 is 0.440 bits per heavy atom. The highest BCUT2D eigenvalue weighted by molar-refractivity contribution is 9.10. The van der Waals surface area contributed by atoms with Crippen LogP contribution >= 0.6 is 55.4 Å². The highest BCUT2D eigenvalue weighted by Gasteiger charge is 2.44. The monoisotopic (exact) mass is 1480 g/mol. The lowest BCUT2D eigenvalue weighted by Crippen LogP contribution is -2.55. The van der Waals surface area contributed by atoms with Gasteiger partial charge < -0.3 is 104 Å². The first kappa shape index (κ1) is 84.7. The number of fused-ring (bicyclic) bond motifs is 3. The average molecular weight is 1490 g/mol. The number of hydrogen-bond acceptors (Lipinski definition) is 24. The molecule has 2 aromatic rings. The molecule has 0 spiro atoms. The summed E-state index contributed by atoms with van der Waals surface area (Å²) in [7, 11) is 1.25. The van der Waals surface area contributed by atoms with E-state index in [9.17, 15) is 0 Å². The summed E-state index contributed by atoms with van der Waals surface area (Å²) in [5.74, 6) is 4.16. The maximum Gasteiger partial charge on any atom is 0.119 e. The van der Waals surface area contributed by atoms with Crippen LogP contribution in [0.5, 0.6) is 0 Å². The molecule has 0 radical (unpaired) electrons. The van der Waals surface area contributed by atoms with Crippen molar-refractivity contribution in [3.63, 3.8) is 0 Å². The number of ether oxygens (including phenoxy) is 22. The molecule has 1 aliphatic rings. The van der Waals surface area contributed by atoms with Crippen LogP contribution in [0.25, 0.3) is 11.1 Å². The van der Waals surface area contributed by atoms with E-state index in [1.54, 1.807) is 24.6 Å². The molecule has 0 N–H and O–H groups in total. The van der Waals surface area contributed by atoms with E-state index < -0.39 is 8.07 Å². The van der Waals surface area contributed by atoms with Crippen LogP contribution in [0.3, 0.4) is 0 Å². The predicted octanol–water partition coefficient (Wildman–Crippen LogP) is 6.63. The number of benzene rings is 2. The van der Waals surface area contributed by atoms with Gasteiger partial charge in [0.25, 0.3) is 0 Å². The van der Waals surface area contributed by atoms with Crippen LogP contribution in [0.15, 0.2) is 45.3 Å². The average Bonchev–Trinajstić information content (AvgIpc) is 1.58. The highest BCUT2D eigenvalue weighted by atomic mass is 79.9. The smallest absolute Gasteiger partial charge is 0.119 e. The predicted molar refractivity (Wildman–Crippen MR) is 366 cm³/mol. The Labute approximate surface area is 570 Å². The topological polar surface area (TPSA) is 203 Å². The van der Waals surface area contributed by atoms with Crippen molar-refractivity contribution >= 4 is 73.8 Å². The lowest BCUT2D eigenvalue weighted by Gasteiger charge is -2.30. The SMILES string of the molecule is COCCOCCOCCOCCOCCOCCOCCOCCOCCOCCOCCSCCC[Si]1(CCCSCCOCCOCCOCCOCCOCCOCCOCCOCCOCCOCCOC)c2cc(Br)ccc2-c2ccc(Br)cc21. The van der Waals surface area contributed by atoms with Crippen LogP contribution in [0.2, 0.25) is 12.1 Å². The van der Waals surface area contributed by atoms with Crippen LogP contribution in [0.4, 0.5) is 0 Å². The third kappa shape index (κ3) is 47.9. The van der Waals surface area contributed by atoms with Crippen LogP contribution in [0.1, 0.15) is 12.8 Å². The molecule has 0 unspecified atom stereocenters. The van der Waals surface area contributed by atoms with Crippen LogP contribution in [0, 0.1) is 0 Å². The summed E-state index contributed by atoms with van der Waals surface area (Å²) in [6, 6.07) is 16.3. The van der Waals surface area contributed by atoms with Crippen molar-refractivity contribution < 1.29 is 104 Å². The van der Waals surface area contributed by atoms with Gasteiger partial charge in [0.1, 0.15) is 8.07 Å². The maximum absolute atomic E-state index is 5.90. The van der Waals surface area contributed by atoms with Gasteiger partial charge in [0, 0.05) is 34.7 Å². The van der Waals surface area contributed by atoms with Gasteiger partial charge in [-0.05, 0) is 82.2 Å². The van der Waals surface area contributed by atoms with Crippen LogP contribution < -0.4 is 10.4 Å². The summed E-state index contributed by atoms with van der Waals surface area (Å²) in [6.07, 6.45) is 2.35. The number of hydrogen-bond donors (Lipinski definition) is 0. The molecule has 0 atom stereocenters. The molecule has 91 heavy (non-hydrogen) atoms. The van der Waals surface area contributed by atoms with Gasteiger partial charge in [-0.25, -0.2) is 0 Å². The number of thioether (sulfide) groups is 2. The van der Waals surface area contributed by atoms with Gasteiger partial charge in [-0.15, -0.1) is 0 Å². The molecule has 1 heterocycles. The molecule has 0 bridgehead atoms. The van der Waals surface area contributed by atoms with Gasteiger partial charge in [-0.2, -0.15) is 23.5 Å². The fourth-order valence-electron chi connectivity index (χ4n) is 8.94. The first-order chi connectivity index (χ1) is 45.1. The zero-order chi connectivity index (χ0) is 64.5. The largest absolute Gasteiger partial charge is 0.382 e. The molecule has 0 saturated carbocycles. The van der Waals surface area contributed by atoms with Crippen molar-refractivity contribution in [3.8, 4) is 11.1 Å². The van der Waals surface area contributed by atoms with Gasteiger partial charge in [-0.1, -0.05) is 44.0 Å². The molecule has 22 nitrogen and oxygen atoms in total. The van der Waals surface area contributed by atoms with E-state index >= 15 is 0 Å². The Balaban J connectivity index is 1.07. The lowest BCUT2D eigenvalue weighted by molar-refractivity contribution is -0.0269. The fourth-order valence-corrected chi connectivity index (χ4v) is 17.7. The maximum atomic E-state index is 5.90. The highest BCUT2D eigenvalue weighted by Crippen LogP contribution is 2.37. The summed E-state index contributed by atoms with van der Waals surface area (Å²) in [5.41, 5.74) is 2.83. The summed E-state index contributed by atoms with van der Waals surface area (Å²) in [6.45, 7) is 22.5. The quantitative estimate of drug-likeness (QED) is 0.0504. The second kappa shape index (κ2) is 65.4. The van der Waals surface area contributed by atoms with Crippen molar-refractivity contribution in [3.05, 3.63) is 45.3 Å². The molecule has 0 saturated heterocycles. The number of methoxy groups -OCH3 is 2. The van der Waals surface area contributed by atoms with Crippen molar-refractivity contribution in [2.75, 3.05) is 315 Å². The van der Waals surface area contributed by atoms with Crippen molar-refractivity contribution in [2.24, 2.45) is 0 Å². The zero-order valence-electron chi connectivity index (χ0n) is 54.9. The summed E-state index contributed by atoms with van der Waals surface area (Å²) >= 11 is 11.6. The van der Waals surface area contributed by atoms with Gasteiger partial charge in [0.15, 0.2) is 0 Å². The standard InChI is InChI=1S/C64H112Br2O22S2Si/c1-67-9-11-69-13-15-71-17-19-73-21-23-75-25-27-77-29-31-79-33-35-81-37-39-83-41-43-85-45-47-87-49-53-89-51-3-55-91(63-57-59(65)5-7-61(63)62-8-6-60(66)58-64(62)91)56-4-52-90-54-50-88-48-46-86-44-42-84-40-38-82-36-34-80-32-30-78-28-26-76-24-22-74-20-18-72-16-14-70-12-10-68-2/h5-8,57-58H,3-4,9-56H2,1-2H3. The van der Waals surface area contributed by atoms with E-state index in [1.807, 2.05) is 23.5 Å². The molecule has 0 fully saturated rings. The molecule has 0 amide bonds. The van der Waals surface area contributed by atoms with E-state index in [2.05, 4.69) is 68.3 Å². The third-order valence-corrected chi connectivity index (χ3v) is 21.7. The van der Waals surface area contributed by atoms with Crippen LogP contribution in [-0.2, 0) is 104 Å². The molecule has 530 valence electrons. The van der Waals surface area contributed by atoms with Gasteiger partial charge in [0.05, 0.1) is 277 Å². The first-order valence-corrected chi connectivity index (χ1v) is 38.7. The van der Waals surface area contributed by atoms with Crippen molar-refractivity contribution in [2.45, 2.75) is 24.9 Å². The first-order valence-electron chi connectivity index (χ1n) is 32.4. The minimum Gasteiger partial charge on any atom is -0.382 e. The minimum atomic E-state index is -2.05. The second-order valence-corrected chi connectivity index (χ2v) is 28.6. The van der Waals surface area contributed by atoms with Gasteiger partial charge in [-0.3, -0.25) is 0 Å². The van der Waals surface area contributed by atoms with E-state index in [0.717, 1.165) is 32.0 Å². The van der Waals surface area contributed by atoms with E-state index in [4.69, 9.17) is 104 Å². The molecule has 1 aliphatic heterocycles. The Bertz CT molecular complexity index is 1760. The minimum absolute atomic E-state index is 0.504. The number of halogens is 2. The fraction of sp³-hybridized carbons (Fsp3) is 0.812. The Hall–Kier alpha value is -0.563. The Kier molecular flexibility index (Phi) is 60.8. The molecule has 3 rings (SSSR count). The van der Waals surface area contributed by atoms with E-state index in [1.165, 1.54) is 36.1 Å². The zero-order valence-corrected chi connectivity index (χ0v) is 60.7. The van der Waals surface area contributed by atoms with E-state index in [0.29, 0.717) is 277 Å². The third-order valence-electron chi connectivity index (χ3n) is 13.4. The lowest BCUT2D eigenvalue weighted by atomic mass is 10.1. The molecule has 27 heteroatoms. The molecule has 2 aromatic carbocycles. The van der Waals surface area contributed by atoms with Crippen molar-refractivity contribution in [1.29, 1.82) is 0 Å². The summed E-state index contributed by atoms with van der Waals surface area (Å²) < 4.78 is 124. The Morgan fingerprint density at radius 1 is 0.253 bits per heavy atom.